The minimum Gasteiger partial charge on any atom is -0.366 e. The lowest BCUT2D eigenvalue weighted by Gasteiger charge is -2.37. The number of hydrogen-bond acceptors (Lipinski definition) is 4. The van der Waals surface area contributed by atoms with E-state index in [1.54, 1.807) is 0 Å². The number of amides is 2. The van der Waals surface area contributed by atoms with Crippen LogP contribution >= 0.6 is 11.3 Å². The first kappa shape index (κ1) is 17.9. The molecule has 0 bridgehead atoms. The number of nitrogens with zero attached hydrogens (tertiary/aromatic N) is 2. The van der Waals surface area contributed by atoms with Crippen molar-refractivity contribution < 1.29 is 14.0 Å². The van der Waals surface area contributed by atoms with E-state index in [4.69, 9.17) is 0 Å². The SMILES string of the molecule is CC1CC(C)CN(C2=C(c3cccs3)C(=O)N(c3ccc(F)cc3)C2=O)C1. The largest absolute Gasteiger partial charge is 0.366 e. The predicted molar refractivity (Wildman–Crippen MR) is 105 cm³/mol. The van der Waals surface area contributed by atoms with Gasteiger partial charge in [-0.25, -0.2) is 9.29 Å². The van der Waals surface area contributed by atoms with Crippen LogP contribution in [-0.2, 0) is 9.59 Å². The second-order valence-electron chi connectivity index (χ2n) is 7.47. The van der Waals surface area contributed by atoms with E-state index in [0.717, 1.165) is 24.4 Å². The molecular formula is C21H21FN2O2S. The summed E-state index contributed by atoms with van der Waals surface area (Å²) in [6.45, 7) is 5.86. The summed E-state index contributed by atoms with van der Waals surface area (Å²) in [6.07, 6.45) is 1.11. The number of thiophene rings is 1. The van der Waals surface area contributed by atoms with Crippen LogP contribution in [0.4, 0.5) is 10.1 Å². The van der Waals surface area contributed by atoms with Gasteiger partial charge in [0.15, 0.2) is 0 Å². The average Bonchev–Trinajstić information content (AvgIpc) is 3.21. The van der Waals surface area contributed by atoms with Crippen molar-refractivity contribution in [2.24, 2.45) is 11.8 Å². The van der Waals surface area contributed by atoms with E-state index in [0.29, 0.717) is 28.8 Å². The maximum absolute atomic E-state index is 13.3. The fraction of sp³-hybridized carbons (Fsp3) is 0.333. The minimum absolute atomic E-state index is 0.323. The topological polar surface area (TPSA) is 40.6 Å². The number of halogens is 1. The van der Waals surface area contributed by atoms with Gasteiger partial charge in [0.2, 0.25) is 0 Å². The van der Waals surface area contributed by atoms with E-state index in [-0.39, 0.29) is 11.8 Å². The standard InChI is InChI=1S/C21H21FN2O2S/c1-13-10-14(2)12-23(11-13)19-18(17-4-3-9-27-17)20(25)24(21(19)26)16-7-5-15(22)6-8-16/h3-9,13-14H,10-12H2,1-2H3. The normalized spacial score (nSPS) is 23.5. The van der Waals surface area contributed by atoms with Gasteiger partial charge in [-0.15, -0.1) is 11.3 Å². The maximum atomic E-state index is 13.3. The van der Waals surface area contributed by atoms with Crippen molar-refractivity contribution >= 4 is 34.4 Å². The molecule has 2 aliphatic heterocycles. The Hall–Kier alpha value is -2.47. The Morgan fingerprint density at radius 1 is 1.00 bits per heavy atom. The Morgan fingerprint density at radius 3 is 2.26 bits per heavy atom. The second-order valence-corrected chi connectivity index (χ2v) is 8.42. The molecule has 1 saturated heterocycles. The molecular weight excluding hydrogens is 363 g/mol. The molecule has 3 heterocycles. The Balaban J connectivity index is 1.80. The van der Waals surface area contributed by atoms with Crippen LogP contribution in [0, 0.1) is 17.7 Å². The molecule has 4 rings (SSSR count). The first-order valence-electron chi connectivity index (χ1n) is 9.13. The fourth-order valence-electron chi connectivity index (χ4n) is 4.12. The summed E-state index contributed by atoms with van der Waals surface area (Å²) < 4.78 is 13.3. The van der Waals surface area contributed by atoms with Crippen LogP contribution in [0.5, 0.6) is 0 Å². The Morgan fingerprint density at radius 2 is 1.67 bits per heavy atom. The number of benzene rings is 1. The summed E-state index contributed by atoms with van der Waals surface area (Å²) in [5.74, 6) is -0.156. The van der Waals surface area contributed by atoms with E-state index in [9.17, 15) is 14.0 Å². The molecule has 1 aromatic heterocycles. The van der Waals surface area contributed by atoms with E-state index in [1.165, 1.54) is 40.5 Å². The zero-order valence-electron chi connectivity index (χ0n) is 15.3. The number of carbonyl (C=O) groups is 2. The van der Waals surface area contributed by atoms with Gasteiger partial charge in [0, 0.05) is 18.0 Å². The van der Waals surface area contributed by atoms with Gasteiger partial charge in [-0.3, -0.25) is 9.59 Å². The first-order valence-corrected chi connectivity index (χ1v) is 10.0. The zero-order chi connectivity index (χ0) is 19.1. The lowest BCUT2D eigenvalue weighted by Crippen LogP contribution is -2.42. The monoisotopic (exact) mass is 384 g/mol. The number of anilines is 1. The lowest BCUT2D eigenvalue weighted by molar-refractivity contribution is -0.120. The highest BCUT2D eigenvalue weighted by atomic mass is 32.1. The summed E-state index contributed by atoms with van der Waals surface area (Å²) in [7, 11) is 0. The third-order valence-electron chi connectivity index (χ3n) is 5.10. The molecule has 0 spiro atoms. The van der Waals surface area contributed by atoms with Crippen molar-refractivity contribution in [2.75, 3.05) is 18.0 Å². The summed E-state index contributed by atoms with van der Waals surface area (Å²) >= 11 is 1.45. The molecule has 2 atom stereocenters. The van der Waals surface area contributed by atoms with Gasteiger partial charge < -0.3 is 4.90 Å². The molecule has 0 aliphatic carbocycles. The zero-order valence-corrected chi connectivity index (χ0v) is 16.1. The molecule has 0 saturated carbocycles. The minimum atomic E-state index is -0.400. The van der Waals surface area contributed by atoms with Crippen LogP contribution in [-0.4, -0.2) is 29.8 Å². The molecule has 6 heteroatoms. The predicted octanol–water partition coefficient (Wildman–Crippen LogP) is 4.15. The number of piperidine rings is 1. The molecule has 0 radical (unpaired) electrons. The number of likely N-dealkylation sites (tertiary alicyclic amines) is 1. The van der Waals surface area contributed by atoms with Gasteiger partial charge in [0.25, 0.3) is 11.8 Å². The van der Waals surface area contributed by atoms with Crippen molar-refractivity contribution in [3.05, 3.63) is 58.2 Å². The van der Waals surface area contributed by atoms with E-state index < -0.39 is 5.82 Å². The highest BCUT2D eigenvalue weighted by Gasteiger charge is 2.44. The molecule has 2 amide bonds. The smallest absolute Gasteiger partial charge is 0.282 e. The third kappa shape index (κ3) is 3.18. The molecule has 4 nitrogen and oxygen atoms in total. The Bertz CT molecular complexity index is 895. The lowest BCUT2D eigenvalue weighted by atomic mass is 9.91. The van der Waals surface area contributed by atoms with Gasteiger partial charge in [-0.2, -0.15) is 0 Å². The summed E-state index contributed by atoms with van der Waals surface area (Å²) in [4.78, 5) is 30.6. The van der Waals surface area contributed by atoms with Crippen LogP contribution in [0.15, 0.2) is 47.5 Å². The number of imide groups is 1. The molecule has 0 N–H and O–H groups in total. The average molecular weight is 384 g/mol. The Kier molecular flexibility index (Phi) is 4.60. The Labute approximate surface area is 161 Å². The van der Waals surface area contributed by atoms with Crippen molar-refractivity contribution in [1.29, 1.82) is 0 Å². The molecule has 27 heavy (non-hydrogen) atoms. The third-order valence-corrected chi connectivity index (χ3v) is 5.98. The summed E-state index contributed by atoms with van der Waals surface area (Å²) in [6, 6.07) is 9.23. The number of hydrogen-bond donors (Lipinski definition) is 0. The van der Waals surface area contributed by atoms with Crippen molar-refractivity contribution in [3.63, 3.8) is 0 Å². The van der Waals surface area contributed by atoms with Gasteiger partial charge in [-0.05, 0) is 54.0 Å². The fourth-order valence-corrected chi connectivity index (χ4v) is 4.89. The molecule has 1 aromatic carbocycles. The quantitative estimate of drug-likeness (QED) is 0.747. The van der Waals surface area contributed by atoms with Gasteiger partial charge >= 0.3 is 0 Å². The highest BCUT2D eigenvalue weighted by molar-refractivity contribution is 7.11. The molecule has 2 aromatic rings. The molecule has 140 valence electrons. The highest BCUT2D eigenvalue weighted by Crippen LogP contribution is 2.38. The van der Waals surface area contributed by atoms with Crippen molar-refractivity contribution in [1.82, 2.24) is 4.90 Å². The van der Waals surface area contributed by atoms with E-state index in [2.05, 4.69) is 18.7 Å². The second kappa shape index (κ2) is 6.93. The number of carbonyl (C=O) groups excluding carboxylic acids is 2. The van der Waals surface area contributed by atoms with Gasteiger partial charge in [0.05, 0.1) is 11.3 Å². The summed E-state index contributed by atoms with van der Waals surface area (Å²) in [5, 5.41) is 1.90. The molecule has 2 aliphatic rings. The van der Waals surface area contributed by atoms with Gasteiger partial charge in [0.1, 0.15) is 11.5 Å². The van der Waals surface area contributed by atoms with Crippen LogP contribution in [0.25, 0.3) is 5.57 Å². The van der Waals surface area contributed by atoms with E-state index >= 15 is 0 Å². The number of rotatable bonds is 3. The van der Waals surface area contributed by atoms with Crippen molar-refractivity contribution in [2.45, 2.75) is 20.3 Å². The van der Waals surface area contributed by atoms with E-state index in [1.807, 2.05) is 17.5 Å². The summed E-state index contributed by atoms with van der Waals surface area (Å²) in [5.41, 5.74) is 1.33. The van der Waals surface area contributed by atoms with Gasteiger partial charge in [-0.1, -0.05) is 19.9 Å². The first-order chi connectivity index (χ1) is 13.0. The molecule has 2 unspecified atom stereocenters. The van der Waals surface area contributed by atoms with Crippen LogP contribution in [0.1, 0.15) is 25.1 Å². The molecule has 1 fully saturated rings. The van der Waals surface area contributed by atoms with Crippen LogP contribution in [0.3, 0.4) is 0 Å². The van der Waals surface area contributed by atoms with Crippen molar-refractivity contribution in [3.8, 4) is 0 Å². The maximum Gasteiger partial charge on any atom is 0.282 e. The van der Waals surface area contributed by atoms with Crippen LogP contribution < -0.4 is 4.90 Å². The van der Waals surface area contributed by atoms with Crippen LogP contribution in [0.2, 0.25) is 0 Å².